The Labute approximate surface area is 169 Å². The fourth-order valence-corrected chi connectivity index (χ4v) is 3.59. The molecule has 0 aliphatic carbocycles. The lowest BCUT2D eigenvalue weighted by atomic mass is 10.0. The van der Waals surface area contributed by atoms with Gasteiger partial charge in [0.25, 0.3) is 0 Å². The van der Waals surface area contributed by atoms with Crippen LogP contribution in [0.4, 0.5) is 5.69 Å². The Morgan fingerprint density at radius 1 is 1.07 bits per heavy atom. The molecule has 6 nitrogen and oxygen atoms in total. The number of anilines is 1. The van der Waals surface area contributed by atoms with Crippen LogP contribution in [0.25, 0.3) is 11.4 Å². The number of amides is 1. The van der Waals surface area contributed by atoms with Crippen LogP contribution >= 0.6 is 11.8 Å². The van der Waals surface area contributed by atoms with Crippen LogP contribution in [0.2, 0.25) is 0 Å². The Hall–Kier alpha value is -2.80. The van der Waals surface area contributed by atoms with Crippen molar-refractivity contribution in [3.05, 3.63) is 59.7 Å². The van der Waals surface area contributed by atoms with Gasteiger partial charge in [0.05, 0.1) is 5.25 Å². The van der Waals surface area contributed by atoms with E-state index < -0.39 is 0 Å². The van der Waals surface area contributed by atoms with E-state index in [1.807, 2.05) is 62.4 Å². The second kappa shape index (κ2) is 8.48. The average Bonchev–Trinajstić information content (AvgIpc) is 3.03. The first-order valence-corrected chi connectivity index (χ1v) is 10.1. The van der Waals surface area contributed by atoms with E-state index in [9.17, 15) is 4.79 Å². The van der Waals surface area contributed by atoms with Gasteiger partial charge in [0.1, 0.15) is 0 Å². The molecule has 0 fully saturated rings. The second-order valence-electron chi connectivity index (χ2n) is 7.03. The number of para-hydroxylation sites is 1. The molecule has 0 unspecified atom stereocenters. The molecule has 0 aliphatic heterocycles. The topological polar surface area (TPSA) is 85.8 Å². The Morgan fingerprint density at radius 2 is 1.75 bits per heavy atom. The van der Waals surface area contributed by atoms with Crippen molar-refractivity contribution < 1.29 is 4.79 Å². The molecule has 3 N–H and O–H groups in total. The molecule has 2 aromatic carbocycles. The number of aromatic nitrogens is 3. The van der Waals surface area contributed by atoms with Crippen molar-refractivity contribution in [2.45, 2.75) is 44.0 Å². The summed E-state index contributed by atoms with van der Waals surface area (Å²) in [5, 5.41) is 11.5. The molecule has 0 radical (unpaired) electrons. The van der Waals surface area contributed by atoms with Gasteiger partial charge in [-0.05, 0) is 31.4 Å². The highest BCUT2D eigenvalue weighted by Gasteiger charge is 2.21. The summed E-state index contributed by atoms with van der Waals surface area (Å²) >= 11 is 1.28. The summed E-state index contributed by atoms with van der Waals surface area (Å²) in [5.41, 5.74) is 3.99. The molecule has 3 rings (SSSR count). The van der Waals surface area contributed by atoms with E-state index in [1.54, 1.807) is 0 Å². The number of carbonyl (C=O) groups is 1. The molecule has 0 spiro atoms. The van der Waals surface area contributed by atoms with Crippen LogP contribution in [-0.2, 0) is 4.79 Å². The number of hydrogen-bond donors (Lipinski definition) is 2. The van der Waals surface area contributed by atoms with Crippen molar-refractivity contribution in [3.8, 4) is 11.4 Å². The molecule has 0 saturated heterocycles. The molecule has 0 bridgehead atoms. The minimum absolute atomic E-state index is 0.0991. The first-order chi connectivity index (χ1) is 13.4. The van der Waals surface area contributed by atoms with E-state index in [1.165, 1.54) is 16.4 Å². The first kappa shape index (κ1) is 19.9. The van der Waals surface area contributed by atoms with E-state index in [4.69, 9.17) is 5.84 Å². The quantitative estimate of drug-likeness (QED) is 0.482. The van der Waals surface area contributed by atoms with Crippen molar-refractivity contribution in [2.24, 2.45) is 0 Å². The van der Waals surface area contributed by atoms with Gasteiger partial charge in [-0.3, -0.25) is 4.79 Å². The third kappa shape index (κ3) is 4.36. The lowest BCUT2D eigenvalue weighted by Crippen LogP contribution is -2.24. The molecular weight excluding hydrogens is 370 g/mol. The molecule has 0 saturated carbocycles. The predicted molar refractivity (Wildman–Crippen MR) is 115 cm³/mol. The van der Waals surface area contributed by atoms with Crippen LogP contribution in [0.5, 0.6) is 0 Å². The summed E-state index contributed by atoms with van der Waals surface area (Å²) in [4.78, 5) is 12.7. The maximum atomic E-state index is 12.7. The Bertz CT molecular complexity index is 965. The van der Waals surface area contributed by atoms with E-state index in [0.717, 1.165) is 22.4 Å². The molecule has 1 aromatic heterocycles. The van der Waals surface area contributed by atoms with Crippen molar-refractivity contribution in [3.63, 3.8) is 0 Å². The molecule has 146 valence electrons. The van der Waals surface area contributed by atoms with Crippen LogP contribution in [0, 0.1) is 6.92 Å². The molecular formula is C21H25N5OS. The third-order valence-electron chi connectivity index (χ3n) is 4.47. The number of nitrogen functional groups attached to an aromatic ring is 1. The van der Waals surface area contributed by atoms with E-state index >= 15 is 0 Å². The van der Waals surface area contributed by atoms with Gasteiger partial charge in [0.2, 0.25) is 11.1 Å². The van der Waals surface area contributed by atoms with Gasteiger partial charge in [-0.15, -0.1) is 10.2 Å². The SMILES string of the molecule is Cc1ccc(-c2nnc(S[C@H](C)C(=O)Nc3ccccc3C(C)C)n2N)cc1. The molecule has 1 atom stereocenters. The van der Waals surface area contributed by atoms with Crippen LogP contribution in [0.15, 0.2) is 53.7 Å². The van der Waals surface area contributed by atoms with Crippen LogP contribution in [-0.4, -0.2) is 26.0 Å². The number of thioether (sulfide) groups is 1. The minimum atomic E-state index is -0.377. The maximum absolute atomic E-state index is 12.7. The summed E-state index contributed by atoms with van der Waals surface area (Å²) in [6.07, 6.45) is 0. The Balaban J connectivity index is 1.72. The lowest BCUT2D eigenvalue weighted by Gasteiger charge is -2.16. The number of nitrogens with one attached hydrogen (secondary N) is 1. The maximum Gasteiger partial charge on any atom is 0.237 e. The molecule has 3 aromatic rings. The summed E-state index contributed by atoms with van der Waals surface area (Å²) in [5.74, 6) is 6.97. The smallest absolute Gasteiger partial charge is 0.237 e. The zero-order chi connectivity index (χ0) is 20.3. The second-order valence-corrected chi connectivity index (χ2v) is 8.34. The van der Waals surface area contributed by atoms with Crippen LogP contribution < -0.4 is 11.2 Å². The van der Waals surface area contributed by atoms with E-state index in [2.05, 4.69) is 29.4 Å². The zero-order valence-corrected chi connectivity index (χ0v) is 17.3. The van der Waals surface area contributed by atoms with Crippen molar-refractivity contribution in [1.82, 2.24) is 14.9 Å². The molecule has 7 heteroatoms. The lowest BCUT2D eigenvalue weighted by molar-refractivity contribution is -0.115. The first-order valence-electron chi connectivity index (χ1n) is 9.20. The molecule has 28 heavy (non-hydrogen) atoms. The summed E-state index contributed by atoms with van der Waals surface area (Å²) in [6.45, 7) is 8.06. The number of nitrogens with zero attached hydrogens (tertiary/aromatic N) is 3. The molecule has 1 amide bonds. The number of nitrogens with two attached hydrogens (primary N) is 1. The minimum Gasteiger partial charge on any atom is -0.335 e. The fourth-order valence-electron chi connectivity index (χ4n) is 2.82. The monoisotopic (exact) mass is 395 g/mol. The van der Waals surface area contributed by atoms with Gasteiger partial charge in [0, 0.05) is 11.3 Å². The predicted octanol–water partition coefficient (Wildman–Crippen LogP) is 4.21. The standard InChI is InChI=1S/C21H25N5OS/c1-13(2)17-7-5-6-8-18(17)23-20(27)15(4)28-21-25-24-19(26(21)22)16-11-9-14(3)10-12-16/h5-13,15H,22H2,1-4H3,(H,23,27)/t15-/m1/s1. The van der Waals surface area contributed by atoms with Gasteiger partial charge < -0.3 is 11.2 Å². The van der Waals surface area contributed by atoms with E-state index in [-0.39, 0.29) is 11.2 Å². The van der Waals surface area contributed by atoms with Crippen molar-refractivity contribution >= 4 is 23.4 Å². The van der Waals surface area contributed by atoms with Crippen molar-refractivity contribution in [2.75, 3.05) is 11.2 Å². The summed E-state index contributed by atoms with van der Waals surface area (Å²) < 4.78 is 1.43. The number of hydrogen-bond acceptors (Lipinski definition) is 5. The van der Waals surface area contributed by atoms with Crippen molar-refractivity contribution in [1.29, 1.82) is 0 Å². The number of benzene rings is 2. The number of carbonyl (C=O) groups excluding carboxylic acids is 1. The highest BCUT2D eigenvalue weighted by Crippen LogP contribution is 2.27. The number of rotatable bonds is 6. The van der Waals surface area contributed by atoms with Gasteiger partial charge in [-0.25, -0.2) is 4.68 Å². The van der Waals surface area contributed by atoms with Gasteiger partial charge in [-0.2, -0.15) is 0 Å². The molecule has 1 heterocycles. The third-order valence-corrected chi connectivity index (χ3v) is 5.52. The highest BCUT2D eigenvalue weighted by molar-refractivity contribution is 8.00. The fraction of sp³-hybridized carbons (Fsp3) is 0.286. The Kier molecular flexibility index (Phi) is 6.04. The largest absolute Gasteiger partial charge is 0.335 e. The Morgan fingerprint density at radius 3 is 2.43 bits per heavy atom. The normalized spacial score (nSPS) is 12.2. The van der Waals surface area contributed by atoms with Gasteiger partial charge in [0.15, 0.2) is 5.82 Å². The average molecular weight is 396 g/mol. The highest BCUT2D eigenvalue weighted by atomic mass is 32.2. The molecule has 0 aliphatic rings. The summed E-state index contributed by atoms with van der Waals surface area (Å²) in [6, 6.07) is 15.8. The van der Waals surface area contributed by atoms with Gasteiger partial charge in [-0.1, -0.05) is 73.6 Å². The summed E-state index contributed by atoms with van der Waals surface area (Å²) in [7, 11) is 0. The number of aryl methyl sites for hydroxylation is 1. The van der Waals surface area contributed by atoms with Crippen LogP contribution in [0.3, 0.4) is 0 Å². The van der Waals surface area contributed by atoms with Crippen LogP contribution in [0.1, 0.15) is 37.8 Å². The zero-order valence-electron chi connectivity index (χ0n) is 16.5. The van der Waals surface area contributed by atoms with E-state index in [0.29, 0.717) is 16.9 Å². The van der Waals surface area contributed by atoms with Gasteiger partial charge >= 0.3 is 0 Å².